The lowest BCUT2D eigenvalue weighted by Crippen LogP contribution is -2.07. The molecule has 1 saturated carbocycles. The number of hydrogen-bond acceptors (Lipinski definition) is 2. The maximum absolute atomic E-state index is 13.5. The summed E-state index contributed by atoms with van der Waals surface area (Å²) in [5.74, 6) is -1.12. The maximum atomic E-state index is 13.5. The first-order valence-corrected chi connectivity index (χ1v) is 4.95. The van der Waals surface area contributed by atoms with Crippen LogP contribution in [-0.2, 0) is 10.2 Å². The lowest BCUT2D eigenvalue weighted by atomic mass is 9.97. The van der Waals surface area contributed by atoms with Gasteiger partial charge in [-0.3, -0.25) is 0 Å². The molecule has 0 heterocycles. The van der Waals surface area contributed by atoms with Gasteiger partial charge in [-0.05, 0) is 36.0 Å². The van der Waals surface area contributed by atoms with Gasteiger partial charge in [0.2, 0.25) is 0 Å². The first kappa shape index (κ1) is 10.1. The van der Waals surface area contributed by atoms with E-state index in [1.807, 2.05) is 6.07 Å². The molecule has 0 saturated heterocycles. The van der Waals surface area contributed by atoms with E-state index in [-0.39, 0.29) is 11.0 Å². The van der Waals surface area contributed by atoms with Crippen LogP contribution in [0, 0.1) is 5.82 Å². The Labute approximate surface area is 88.1 Å². The van der Waals surface area contributed by atoms with Crippen molar-refractivity contribution in [2.45, 2.75) is 25.2 Å². The molecule has 15 heavy (non-hydrogen) atoms. The smallest absolute Gasteiger partial charge is 0.340 e. The number of ether oxygens (including phenoxy) is 1. The summed E-state index contributed by atoms with van der Waals surface area (Å²) in [6, 6.07) is 4.75. The van der Waals surface area contributed by atoms with E-state index in [0.29, 0.717) is 0 Å². The lowest BCUT2D eigenvalue weighted by Gasteiger charge is -2.09. The molecule has 0 spiro atoms. The van der Waals surface area contributed by atoms with E-state index in [1.165, 1.54) is 19.2 Å². The summed E-state index contributed by atoms with van der Waals surface area (Å²) in [5, 5.41) is 0. The molecule has 3 heteroatoms. The van der Waals surface area contributed by atoms with Crippen LogP contribution in [0.5, 0.6) is 0 Å². The van der Waals surface area contributed by atoms with Gasteiger partial charge in [-0.1, -0.05) is 13.0 Å². The molecule has 1 aromatic carbocycles. The molecule has 2 nitrogen and oxygen atoms in total. The normalized spacial score (nSPS) is 17.3. The van der Waals surface area contributed by atoms with Crippen LogP contribution in [0.3, 0.4) is 0 Å². The predicted octanol–water partition coefficient (Wildman–Crippen LogP) is 2.66. The van der Waals surface area contributed by atoms with E-state index in [0.717, 1.165) is 18.4 Å². The third-order valence-electron chi connectivity index (χ3n) is 3.07. The van der Waals surface area contributed by atoms with Crippen molar-refractivity contribution in [2.24, 2.45) is 0 Å². The van der Waals surface area contributed by atoms with Crippen molar-refractivity contribution in [2.75, 3.05) is 7.11 Å². The van der Waals surface area contributed by atoms with Gasteiger partial charge >= 0.3 is 5.97 Å². The van der Waals surface area contributed by atoms with Gasteiger partial charge in [-0.15, -0.1) is 0 Å². The second kappa shape index (κ2) is 3.33. The van der Waals surface area contributed by atoms with Gasteiger partial charge < -0.3 is 4.74 Å². The molecule has 0 atom stereocenters. The molecule has 0 unspecified atom stereocenters. The van der Waals surface area contributed by atoms with Crippen molar-refractivity contribution in [3.63, 3.8) is 0 Å². The molecule has 0 radical (unpaired) electrons. The van der Waals surface area contributed by atoms with Gasteiger partial charge in [-0.25, -0.2) is 9.18 Å². The predicted molar refractivity (Wildman–Crippen MR) is 54.3 cm³/mol. The Morgan fingerprint density at radius 1 is 1.47 bits per heavy atom. The monoisotopic (exact) mass is 208 g/mol. The Balaban J connectivity index is 2.35. The van der Waals surface area contributed by atoms with Crippen LogP contribution in [0.4, 0.5) is 4.39 Å². The Bertz CT molecular complexity index is 408. The lowest BCUT2D eigenvalue weighted by molar-refractivity contribution is 0.0595. The summed E-state index contributed by atoms with van der Waals surface area (Å²) >= 11 is 0. The molecule has 80 valence electrons. The molecule has 1 fully saturated rings. The summed E-state index contributed by atoms with van der Waals surface area (Å²) < 4.78 is 18.0. The highest BCUT2D eigenvalue weighted by Crippen LogP contribution is 2.47. The summed E-state index contributed by atoms with van der Waals surface area (Å²) in [4.78, 5) is 11.1. The van der Waals surface area contributed by atoms with Gasteiger partial charge in [0.15, 0.2) is 0 Å². The van der Waals surface area contributed by atoms with Gasteiger partial charge in [0.05, 0.1) is 12.7 Å². The van der Waals surface area contributed by atoms with E-state index in [4.69, 9.17) is 0 Å². The van der Waals surface area contributed by atoms with Crippen molar-refractivity contribution in [3.05, 3.63) is 35.1 Å². The Kier molecular flexibility index (Phi) is 2.25. The second-order valence-corrected chi connectivity index (χ2v) is 4.25. The van der Waals surface area contributed by atoms with Gasteiger partial charge in [0.1, 0.15) is 5.82 Å². The first-order valence-electron chi connectivity index (χ1n) is 4.95. The number of halogens is 1. The summed E-state index contributed by atoms with van der Waals surface area (Å²) in [5.41, 5.74) is 1.09. The van der Waals surface area contributed by atoms with E-state index >= 15 is 0 Å². The molecule has 1 aliphatic carbocycles. The van der Waals surface area contributed by atoms with Gasteiger partial charge in [0.25, 0.3) is 0 Å². The molecular weight excluding hydrogens is 195 g/mol. The molecule has 1 aliphatic rings. The Morgan fingerprint density at radius 2 is 2.13 bits per heavy atom. The van der Waals surface area contributed by atoms with Crippen LogP contribution in [0.25, 0.3) is 0 Å². The topological polar surface area (TPSA) is 26.3 Å². The Morgan fingerprint density at radius 3 is 2.60 bits per heavy atom. The van der Waals surface area contributed by atoms with Crippen LogP contribution in [-0.4, -0.2) is 13.1 Å². The number of rotatable bonds is 2. The quantitative estimate of drug-likeness (QED) is 0.698. The zero-order valence-electron chi connectivity index (χ0n) is 8.84. The largest absolute Gasteiger partial charge is 0.465 e. The molecular formula is C12H13FO2. The highest BCUT2D eigenvalue weighted by Gasteiger charge is 2.39. The van der Waals surface area contributed by atoms with Crippen LogP contribution in [0.2, 0.25) is 0 Å². The van der Waals surface area contributed by atoms with E-state index in [1.54, 1.807) is 0 Å². The average Bonchev–Trinajstić information content (AvgIpc) is 2.96. The number of hydrogen-bond donors (Lipinski definition) is 0. The van der Waals surface area contributed by atoms with Crippen LogP contribution in [0.15, 0.2) is 18.2 Å². The SMILES string of the molecule is COC(=O)c1ccc(C2(C)CC2)cc1F. The fraction of sp³-hybridized carbons (Fsp3) is 0.417. The molecule has 0 aromatic heterocycles. The maximum Gasteiger partial charge on any atom is 0.340 e. The minimum Gasteiger partial charge on any atom is -0.465 e. The highest BCUT2D eigenvalue weighted by molar-refractivity contribution is 5.89. The van der Waals surface area contributed by atoms with E-state index in [9.17, 15) is 9.18 Å². The van der Waals surface area contributed by atoms with Crippen LogP contribution < -0.4 is 0 Å². The fourth-order valence-corrected chi connectivity index (χ4v) is 1.64. The van der Waals surface area contributed by atoms with Crippen molar-refractivity contribution in [3.8, 4) is 0 Å². The third kappa shape index (κ3) is 1.74. The zero-order valence-corrected chi connectivity index (χ0v) is 8.84. The van der Waals surface area contributed by atoms with E-state index in [2.05, 4.69) is 11.7 Å². The second-order valence-electron chi connectivity index (χ2n) is 4.25. The van der Waals surface area contributed by atoms with Crippen molar-refractivity contribution in [1.82, 2.24) is 0 Å². The standard InChI is InChI=1S/C12H13FO2/c1-12(5-6-12)8-3-4-9(10(13)7-8)11(14)15-2/h3-4,7H,5-6H2,1-2H3. The number of carbonyl (C=O) groups is 1. The average molecular weight is 208 g/mol. The van der Waals surface area contributed by atoms with Crippen molar-refractivity contribution >= 4 is 5.97 Å². The molecule has 0 N–H and O–H groups in total. The summed E-state index contributed by atoms with van der Waals surface area (Å²) in [6.45, 7) is 2.10. The van der Waals surface area contributed by atoms with Crippen LogP contribution in [0.1, 0.15) is 35.7 Å². The first-order chi connectivity index (χ1) is 7.07. The van der Waals surface area contributed by atoms with Crippen molar-refractivity contribution < 1.29 is 13.9 Å². The number of benzene rings is 1. The minimum atomic E-state index is -0.625. The van der Waals surface area contributed by atoms with E-state index < -0.39 is 11.8 Å². The fourth-order valence-electron chi connectivity index (χ4n) is 1.64. The molecule has 2 rings (SSSR count). The third-order valence-corrected chi connectivity index (χ3v) is 3.07. The molecule has 0 bridgehead atoms. The molecule has 0 amide bonds. The minimum absolute atomic E-state index is 0.00509. The van der Waals surface area contributed by atoms with Crippen molar-refractivity contribution in [1.29, 1.82) is 0 Å². The number of esters is 1. The van der Waals surface area contributed by atoms with Crippen LogP contribution >= 0.6 is 0 Å². The number of methoxy groups -OCH3 is 1. The molecule has 0 aliphatic heterocycles. The van der Waals surface area contributed by atoms with Gasteiger partial charge in [-0.2, -0.15) is 0 Å². The number of carbonyl (C=O) groups excluding carboxylic acids is 1. The molecule has 1 aromatic rings. The summed E-state index contributed by atoms with van der Waals surface area (Å²) in [6.07, 6.45) is 2.17. The Hall–Kier alpha value is -1.38. The zero-order chi connectivity index (χ0) is 11.1. The highest BCUT2D eigenvalue weighted by atomic mass is 19.1. The summed E-state index contributed by atoms with van der Waals surface area (Å²) in [7, 11) is 1.25. The van der Waals surface area contributed by atoms with Gasteiger partial charge in [0, 0.05) is 0 Å².